The molecule has 0 saturated carbocycles. The Labute approximate surface area is 169 Å². The van der Waals surface area contributed by atoms with Crippen LogP contribution < -0.4 is 4.90 Å². The third kappa shape index (κ3) is 3.59. The van der Waals surface area contributed by atoms with Crippen molar-refractivity contribution >= 4 is 22.6 Å². The van der Waals surface area contributed by atoms with Crippen molar-refractivity contribution < 1.29 is 14.3 Å². The summed E-state index contributed by atoms with van der Waals surface area (Å²) < 4.78 is 6.09. The number of nitrogens with zero attached hydrogens (tertiary/aromatic N) is 2. The molecule has 146 valence electrons. The van der Waals surface area contributed by atoms with Crippen LogP contribution in [0.3, 0.4) is 0 Å². The van der Waals surface area contributed by atoms with Gasteiger partial charge in [-0.25, -0.2) is 9.78 Å². The van der Waals surface area contributed by atoms with Crippen molar-refractivity contribution in [2.75, 3.05) is 11.9 Å². The second-order valence-corrected chi connectivity index (χ2v) is 7.30. The summed E-state index contributed by atoms with van der Waals surface area (Å²) in [4.78, 5) is 18.3. The van der Waals surface area contributed by atoms with Crippen molar-refractivity contribution in [2.24, 2.45) is 0 Å². The molecule has 0 bridgehead atoms. The molecule has 1 N–H and O–H groups in total. The van der Waals surface area contributed by atoms with Crippen LogP contribution in [0.4, 0.5) is 5.69 Å². The van der Waals surface area contributed by atoms with E-state index in [9.17, 15) is 9.90 Å². The zero-order valence-electron chi connectivity index (χ0n) is 16.6. The molecule has 0 spiro atoms. The van der Waals surface area contributed by atoms with E-state index in [0.29, 0.717) is 11.5 Å². The molecule has 2 aromatic carbocycles. The minimum absolute atomic E-state index is 0.235. The number of carboxylic acids is 1. The lowest BCUT2D eigenvalue weighted by Gasteiger charge is -2.25. The first kappa shape index (κ1) is 18.7. The predicted molar refractivity (Wildman–Crippen MR) is 115 cm³/mol. The highest BCUT2D eigenvalue weighted by molar-refractivity contribution is 5.99. The molecule has 0 fully saturated rings. The van der Waals surface area contributed by atoms with Gasteiger partial charge in [0, 0.05) is 29.7 Å². The summed E-state index contributed by atoms with van der Waals surface area (Å²) in [5.41, 5.74) is 3.61. The molecule has 4 aromatic rings. The van der Waals surface area contributed by atoms with Crippen LogP contribution in [0.5, 0.6) is 0 Å². The number of anilines is 1. The Morgan fingerprint density at radius 2 is 1.72 bits per heavy atom. The van der Waals surface area contributed by atoms with E-state index in [1.54, 1.807) is 18.2 Å². The molecule has 0 atom stereocenters. The highest BCUT2D eigenvalue weighted by atomic mass is 16.4. The van der Waals surface area contributed by atoms with Crippen molar-refractivity contribution in [3.05, 3.63) is 72.3 Å². The summed E-state index contributed by atoms with van der Waals surface area (Å²) >= 11 is 0. The first-order valence-electron chi connectivity index (χ1n) is 9.50. The van der Waals surface area contributed by atoms with Gasteiger partial charge in [-0.1, -0.05) is 30.3 Å². The van der Waals surface area contributed by atoms with Crippen molar-refractivity contribution in [1.82, 2.24) is 4.98 Å². The Morgan fingerprint density at radius 3 is 2.41 bits per heavy atom. The fourth-order valence-corrected chi connectivity index (χ4v) is 3.27. The molecule has 29 heavy (non-hydrogen) atoms. The van der Waals surface area contributed by atoms with Crippen LogP contribution >= 0.6 is 0 Å². The van der Waals surface area contributed by atoms with Gasteiger partial charge in [0.05, 0.1) is 11.1 Å². The van der Waals surface area contributed by atoms with Crippen molar-refractivity contribution in [3.8, 4) is 22.8 Å². The highest BCUT2D eigenvalue weighted by Gasteiger charge is 2.17. The minimum Gasteiger partial charge on any atom is -0.478 e. The third-order valence-corrected chi connectivity index (χ3v) is 5.11. The van der Waals surface area contributed by atoms with Crippen LogP contribution in [0.1, 0.15) is 24.2 Å². The topological polar surface area (TPSA) is 66.6 Å². The molecule has 2 heterocycles. The van der Waals surface area contributed by atoms with E-state index in [1.165, 1.54) is 0 Å². The maximum Gasteiger partial charge on any atom is 0.335 e. The van der Waals surface area contributed by atoms with Gasteiger partial charge in [0.2, 0.25) is 0 Å². The number of furan rings is 1. The van der Waals surface area contributed by atoms with Gasteiger partial charge in [0.1, 0.15) is 11.5 Å². The smallest absolute Gasteiger partial charge is 0.335 e. The molecule has 5 heteroatoms. The standard InChI is InChI=1S/C24H22N2O3/c1-15(2)26(3)21-14-20(25-19-10-9-17(24(27)28)13-18(19)21)23-12-11-22(29-23)16-7-5-4-6-8-16/h4-15H,1-3H3,(H,27,28). The monoisotopic (exact) mass is 386 g/mol. The van der Waals surface area contributed by atoms with Crippen LogP contribution in [-0.2, 0) is 0 Å². The summed E-state index contributed by atoms with van der Waals surface area (Å²) in [6.07, 6.45) is 0. The molecule has 4 rings (SSSR count). The Bertz CT molecular complexity index is 1180. The molecule has 0 radical (unpaired) electrons. The number of rotatable bonds is 5. The van der Waals surface area contributed by atoms with Gasteiger partial charge in [0.25, 0.3) is 0 Å². The number of aromatic carboxylic acids is 1. The number of carboxylic acid groups (broad SMARTS) is 1. The van der Waals surface area contributed by atoms with Gasteiger partial charge in [-0.3, -0.25) is 0 Å². The number of aromatic nitrogens is 1. The molecule has 0 saturated heterocycles. The van der Waals surface area contributed by atoms with E-state index < -0.39 is 5.97 Å². The van der Waals surface area contributed by atoms with E-state index in [2.05, 4.69) is 18.7 Å². The number of hydrogen-bond donors (Lipinski definition) is 1. The Kier molecular flexibility index (Phi) is 4.80. The van der Waals surface area contributed by atoms with Crippen LogP contribution in [0, 0.1) is 0 Å². The number of fused-ring (bicyclic) bond motifs is 1. The number of hydrogen-bond acceptors (Lipinski definition) is 4. The van der Waals surface area contributed by atoms with E-state index >= 15 is 0 Å². The average Bonchev–Trinajstić information content (AvgIpc) is 3.23. The van der Waals surface area contributed by atoms with Gasteiger partial charge in [-0.2, -0.15) is 0 Å². The van der Waals surface area contributed by atoms with Gasteiger partial charge in [-0.15, -0.1) is 0 Å². The highest BCUT2D eigenvalue weighted by Crippen LogP contribution is 2.34. The maximum absolute atomic E-state index is 11.4. The number of pyridine rings is 1. The van der Waals surface area contributed by atoms with Gasteiger partial charge in [0.15, 0.2) is 5.76 Å². The lowest BCUT2D eigenvalue weighted by Crippen LogP contribution is -2.26. The number of benzene rings is 2. The van der Waals surface area contributed by atoms with Crippen LogP contribution in [0.2, 0.25) is 0 Å². The third-order valence-electron chi connectivity index (χ3n) is 5.11. The average molecular weight is 386 g/mol. The molecule has 5 nitrogen and oxygen atoms in total. The van der Waals surface area contributed by atoms with Crippen molar-refractivity contribution in [1.29, 1.82) is 0 Å². The Hall–Kier alpha value is -3.60. The lowest BCUT2D eigenvalue weighted by atomic mass is 10.1. The molecule has 0 aliphatic heterocycles. The summed E-state index contributed by atoms with van der Waals surface area (Å²) in [7, 11) is 1.99. The fourth-order valence-electron chi connectivity index (χ4n) is 3.27. The summed E-state index contributed by atoms with van der Waals surface area (Å²) in [6.45, 7) is 4.18. The van der Waals surface area contributed by atoms with Crippen LogP contribution in [0.25, 0.3) is 33.7 Å². The van der Waals surface area contributed by atoms with Crippen molar-refractivity contribution in [3.63, 3.8) is 0 Å². The normalized spacial score (nSPS) is 11.2. The van der Waals surface area contributed by atoms with Gasteiger partial charge in [-0.05, 0) is 50.2 Å². The fraction of sp³-hybridized carbons (Fsp3) is 0.167. The molecular formula is C24H22N2O3. The first-order chi connectivity index (χ1) is 13.9. The molecular weight excluding hydrogens is 364 g/mol. The lowest BCUT2D eigenvalue weighted by molar-refractivity contribution is 0.0697. The quantitative estimate of drug-likeness (QED) is 0.476. The molecule has 0 amide bonds. The Morgan fingerprint density at radius 1 is 1.00 bits per heavy atom. The van der Waals surface area contributed by atoms with E-state index in [-0.39, 0.29) is 11.6 Å². The zero-order chi connectivity index (χ0) is 20.5. The van der Waals surface area contributed by atoms with Gasteiger partial charge < -0.3 is 14.4 Å². The van der Waals surface area contributed by atoms with Gasteiger partial charge >= 0.3 is 5.97 Å². The second-order valence-electron chi connectivity index (χ2n) is 7.30. The van der Waals surface area contributed by atoms with Crippen LogP contribution in [-0.4, -0.2) is 29.1 Å². The summed E-state index contributed by atoms with van der Waals surface area (Å²) in [5.74, 6) is 0.502. The first-order valence-corrected chi connectivity index (χ1v) is 9.50. The zero-order valence-corrected chi connectivity index (χ0v) is 16.6. The second kappa shape index (κ2) is 7.43. The molecule has 0 aliphatic rings. The molecule has 0 aliphatic carbocycles. The van der Waals surface area contributed by atoms with E-state index in [1.807, 2.05) is 55.6 Å². The molecule has 0 unspecified atom stereocenters. The SMILES string of the molecule is CC(C)N(C)c1cc(-c2ccc(-c3ccccc3)o2)nc2ccc(C(=O)O)cc12. The maximum atomic E-state index is 11.4. The van der Waals surface area contributed by atoms with Crippen molar-refractivity contribution in [2.45, 2.75) is 19.9 Å². The summed E-state index contributed by atoms with van der Waals surface area (Å²) in [6, 6.07) is 21.0. The minimum atomic E-state index is -0.951. The summed E-state index contributed by atoms with van der Waals surface area (Å²) in [5, 5.41) is 10.2. The Balaban J connectivity index is 1.87. The molecule has 2 aromatic heterocycles. The van der Waals surface area contributed by atoms with E-state index in [0.717, 1.165) is 27.9 Å². The van der Waals surface area contributed by atoms with E-state index in [4.69, 9.17) is 9.40 Å². The van der Waals surface area contributed by atoms with Crippen LogP contribution in [0.15, 0.2) is 71.1 Å². The number of carbonyl (C=O) groups is 1. The predicted octanol–water partition coefficient (Wildman–Crippen LogP) is 5.70. The largest absolute Gasteiger partial charge is 0.478 e.